The smallest absolute Gasteiger partial charge is 0.290 e. The van der Waals surface area contributed by atoms with Gasteiger partial charge in [-0.2, -0.15) is 0 Å². The Labute approximate surface area is 166 Å². The number of nitrogens with one attached hydrogen (secondary N) is 1. The number of fused-ring (bicyclic) bond motifs is 1. The van der Waals surface area contributed by atoms with Gasteiger partial charge in [-0.3, -0.25) is 9.59 Å². The summed E-state index contributed by atoms with van der Waals surface area (Å²) >= 11 is 1.58. The summed E-state index contributed by atoms with van der Waals surface area (Å²) in [6.45, 7) is 2.72. The van der Waals surface area contributed by atoms with Crippen molar-refractivity contribution in [2.75, 3.05) is 0 Å². The third kappa shape index (κ3) is 3.77. The Balaban J connectivity index is 1.70. The van der Waals surface area contributed by atoms with Crippen LogP contribution < -0.4 is 5.56 Å². The molecule has 0 bridgehead atoms. The zero-order chi connectivity index (χ0) is 19.5. The van der Waals surface area contributed by atoms with Crippen LogP contribution >= 0.6 is 11.3 Å². The number of hydrogen-bond donors (Lipinski definition) is 1. The number of hydrogen-bond acceptors (Lipinski definition) is 4. The highest BCUT2D eigenvalue weighted by atomic mass is 32.1. The summed E-state index contributed by atoms with van der Waals surface area (Å²) in [5.41, 5.74) is 2.37. The summed E-state index contributed by atoms with van der Waals surface area (Å²) in [5.74, 6) is 0.0299. The third-order valence-electron chi connectivity index (χ3n) is 4.70. The zero-order valence-electron chi connectivity index (χ0n) is 15.5. The van der Waals surface area contributed by atoms with Gasteiger partial charge in [0, 0.05) is 16.0 Å². The SMILES string of the molecule is CCc1ccc2[nH]c(=O)c(CN(Cc3cccs3)C(=O)c3ccco3)cc2c1. The number of rotatable bonds is 6. The van der Waals surface area contributed by atoms with Gasteiger partial charge >= 0.3 is 0 Å². The van der Waals surface area contributed by atoms with Gasteiger partial charge in [0.25, 0.3) is 11.5 Å². The molecule has 0 unspecified atom stereocenters. The van der Waals surface area contributed by atoms with Crippen LogP contribution in [-0.2, 0) is 19.5 Å². The largest absolute Gasteiger partial charge is 0.459 e. The summed E-state index contributed by atoms with van der Waals surface area (Å²) in [4.78, 5) is 31.2. The van der Waals surface area contributed by atoms with Crippen molar-refractivity contribution < 1.29 is 9.21 Å². The van der Waals surface area contributed by atoms with Crippen LogP contribution in [0.1, 0.15) is 33.5 Å². The molecular weight excluding hydrogens is 372 g/mol. The van der Waals surface area contributed by atoms with Crippen LogP contribution in [0.2, 0.25) is 0 Å². The van der Waals surface area contributed by atoms with Crippen molar-refractivity contribution in [1.29, 1.82) is 0 Å². The fraction of sp³-hybridized carbons (Fsp3) is 0.182. The van der Waals surface area contributed by atoms with Crippen LogP contribution in [0.25, 0.3) is 10.9 Å². The Morgan fingerprint density at radius 3 is 2.75 bits per heavy atom. The van der Waals surface area contributed by atoms with Gasteiger partial charge in [-0.05, 0) is 59.1 Å². The maximum atomic E-state index is 12.9. The van der Waals surface area contributed by atoms with Crippen LogP contribution in [0.15, 0.2) is 69.4 Å². The van der Waals surface area contributed by atoms with Crippen LogP contribution in [0.3, 0.4) is 0 Å². The topological polar surface area (TPSA) is 66.3 Å². The normalized spacial score (nSPS) is 11.0. The van der Waals surface area contributed by atoms with Gasteiger partial charge in [-0.25, -0.2) is 0 Å². The fourth-order valence-corrected chi connectivity index (χ4v) is 3.91. The second-order valence-corrected chi connectivity index (χ2v) is 7.65. The van der Waals surface area contributed by atoms with Crippen molar-refractivity contribution >= 4 is 28.1 Å². The Hall–Kier alpha value is -3.12. The van der Waals surface area contributed by atoms with Crippen LogP contribution in [0.5, 0.6) is 0 Å². The molecule has 4 rings (SSSR count). The number of furan rings is 1. The number of pyridine rings is 1. The van der Waals surface area contributed by atoms with Crippen LogP contribution in [0.4, 0.5) is 0 Å². The molecule has 0 aliphatic heterocycles. The molecule has 28 heavy (non-hydrogen) atoms. The Morgan fingerprint density at radius 2 is 2.04 bits per heavy atom. The van der Waals surface area contributed by atoms with Gasteiger partial charge in [0.15, 0.2) is 5.76 Å². The second-order valence-electron chi connectivity index (χ2n) is 6.62. The van der Waals surface area contributed by atoms with E-state index in [9.17, 15) is 9.59 Å². The predicted molar refractivity (Wildman–Crippen MR) is 111 cm³/mol. The van der Waals surface area contributed by atoms with Crippen molar-refractivity contribution in [1.82, 2.24) is 9.88 Å². The molecule has 3 heterocycles. The number of carbonyl (C=O) groups is 1. The molecule has 0 radical (unpaired) electrons. The molecule has 5 nitrogen and oxygen atoms in total. The standard InChI is InChI=1S/C22H20N2O3S/c1-2-15-7-8-19-16(11-15)12-17(21(25)23-19)13-24(14-18-5-4-10-28-18)22(26)20-6-3-9-27-20/h3-12H,2,13-14H2,1H3,(H,23,25). The molecule has 142 valence electrons. The average Bonchev–Trinajstić information content (AvgIpc) is 3.41. The van der Waals surface area contributed by atoms with Crippen LogP contribution in [-0.4, -0.2) is 15.8 Å². The minimum atomic E-state index is -0.236. The summed E-state index contributed by atoms with van der Waals surface area (Å²) in [5, 5.41) is 2.94. The van der Waals surface area contributed by atoms with E-state index >= 15 is 0 Å². The number of amides is 1. The number of nitrogens with zero attached hydrogens (tertiary/aromatic N) is 1. The maximum Gasteiger partial charge on any atom is 0.290 e. The van der Waals surface area contributed by atoms with E-state index in [0.29, 0.717) is 12.1 Å². The number of H-pyrrole nitrogens is 1. The van der Waals surface area contributed by atoms with E-state index in [4.69, 9.17) is 4.42 Å². The zero-order valence-corrected chi connectivity index (χ0v) is 16.3. The van der Waals surface area contributed by atoms with Gasteiger partial charge in [-0.15, -0.1) is 11.3 Å². The first-order chi connectivity index (χ1) is 13.6. The molecule has 0 fully saturated rings. The number of aromatic nitrogens is 1. The molecule has 3 aromatic heterocycles. The quantitative estimate of drug-likeness (QED) is 0.522. The molecule has 4 aromatic rings. The Kier molecular flexibility index (Phi) is 5.12. The highest BCUT2D eigenvalue weighted by Crippen LogP contribution is 2.19. The minimum Gasteiger partial charge on any atom is -0.459 e. The molecule has 0 aliphatic carbocycles. The van der Waals surface area contributed by atoms with E-state index in [-0.39, 0.29) is 23.8 Å². The summed E-state index contributed by atoms with van der Waals surface area (Å²) in [6, 6.07) is 15.2. The molecule has 1 aromatic carbocycles. The van der Waals surface area contributed by atoms with Crippen molar-refractivity contribution in [2.24, 2.45) is 0 Å². The first-order valence-electron chi connectivity index (χ1n) is 9.14. The van der Waals surface area contributed by atoms with Gasteiger partial charge < -0.3 is 14.3 Å². The van der Waals surface area contributed by atoms with Gasteiger partial charge in [0.1, 0.15) is 0 Å². The number of aromatic amines is 1. The molecule has 0 saturated heterocycles. The molecule has 0 saturated carbocycles. The predicted octanol–water partition coefficient (Wildman–Crippen LogP) is 4.59. The maximum absolute atomic E-state index is 12.9. The summed E-state index contributed by atoms with van der Waals surface area (Å²) in [7, 11) is 0. The van der Waals surface area contributed by atoms with Crippen molar-refractivity contribution in [3.05, 3.63) is 92.3 Å². The highest BCUT2D eigenvalue weighted by molar-refractivity contribution is 7.09. The van der Waals surface area contributed by atoms with E-state index in [0.717, 1.165) is 22.2 Å². The first kappa shape index (κ1) is 18.3. The number of carbonyl (C=O) groups excluding carboxylic acids is 1. The van der Waals surface area contributed by atoms with Crippen LogP contribution in [0, 0.1) is 0 Å². The van der Waals surface area contributed by atoms with Gasteiger partial charge in [-0.1, -0.05) is 19.1 Å². The number of benzene rings is 1. The highest BCUT2D eigenvalue weighted by Gasteiger charge is 2.21. The lowest BCUT2D eigenvalue weighted by atomic mass is 10.1. The minimum absolute atomic E-state index is 0.180. The fourth-order valence-electron chi connectivity index (χ4n) is 3.19. The lowest BCUT2D eigenvalue weighted by Crippen LogP contribution is -2.32. The van der Waals surface area contributed by atoms with Crippen molar-refractivity contribution in [3.63, 3.8) is 0 Å². The number of thiophene rings is 1. The third-order valence-corrected chi connectivity index (χ3v) is 5.56. The Morgan fingerprint density at radius 1 is 1.14 bits per heavy atom. The molecule has 0 spiro atoms. The van der Waals surface area contributed by atoms with E-state index < -0.39 is 0 Å². The van der Waals surface area contributed by atoms with E-state index in [1.807, 2.05) is 35.7 Å². The van der Waals surface area contributed by atoms with Gasteiger partial charge in [0.05, 0.1) is 19.4 Å². The molecule has 0 aliphatic rings. The molecule has 6 heteroatoms. The molecule has 1 amide bonds. The van der Waals surface area contributed by atoms with Gasteiger partial charge in [0.2, 0.25) is 0 Å². The average molecular weight is 392 g/mol. The molecular formula is C22H20N2O3S. The molecule has 0 atom stereocenters. The van der Waals surface area contributed by atoms with E-state index in [1.165, 1.54) is 11.8 Å². The van der Waals surface area contributed by atoms with E-state index in [2.05, 4.69) is 18.0 Å². The van der Waals surface area contributed by atoms with Crippen molar-refractivity contribution in [3.8, 4) is 0 Å². The first-order valence-corrected chi connectivity index (χ1v) is 10.0. The lowest BCUT2D eigenvalue weighted by molar-refractivity contribution is 0.0699. The lowest BCUT2D eigenvalue weighted by Gasteiger charge is -2.21. The summed E-state index contributed by atoms with van der Waals surface area (Å²) in [6.07, 6.45) is 2.40. The Bertz CT molecular complexity index is 1140. The second kappa shape index (κ2) is 7.86. The molecule has 1 N–H and O–H groups in total. The summed E-state index contributed by atoms with van der Waals surface area (Å²) < 4.78 is 5.29. The van der Waals surface area contributed by atoms with E-state index in [1.54, 1.807) is 28.4 Å². The monoisotopic (exact) mass is 392 g/mol. The number of aryl methyl sites for hydroxylation is 1. The van der Waals surface area contributed by atoms with Crippen molar-refractivity contribution in [2.45, 2.75) is 26.4 Å².